The Labute approximate surface area is 149 Å². The summed E-state index contributed by atoms with van der Waals surface area (Å²) in [6, 6.07) is 8.77. The summed E-state index contributed by atoms with van der Waals surface area (Å²) < 4.78 is 6.16. The Balaban J connectivity index is 1.95. The van der Waals surface area contributed by atoms with E-state index in [1.165, 1.54) is 0 Å². The maximum atomic E-state index is 13.3. The molecule has 2 aliphatic rings. The highest BCUT2D eigenvalue weighted by molar-refractivity contribution is 5.98. The average Bonchev–Trinajstić information content (AvgIpc) is 2.99. The molecule has 0 bridgehead atoms. The van der Waals surface area contributed by atoms with Crippen molar-refractivity contribution in [1.82, 2.24) is 9.80 Å². The van der Waals surface area contributed by atoms with Crippen LogP contribution in [0, 0.1) is 0 Å². The van der Waals surface area contributed by atoms with Gasteiger partial charge in [-0.15, -0.1) is 0 Å². The highest BCUT2D eigenvalue weighted by atomic mass is 16.5. The second-order valence-electron chi connectivity index (χ2n) is 7.42. The molecule has 0 aromatic heterocycles. The summed E-state index contributed by atoms with van der Waals surface area (Å²) in [4.78, 5) is 29.8. The van der Waals surface area contributed by atoms with Crippen LogP contribution in [0.25, 0.3) is 0 Å². The lowest BCUT2D eigenvalue weighted by molar-refractivity contribution is -0.137. The molecule has 5 nitrogen and oxygen atoms in total. The van der Waals surface area contributed by atoms with Crippen molar-refractivity contribution in [2.45, 2.75) is 63.8 Å². The van der Waals surface area contributed by atoms with Crippen LogP contribution >= 0.6 is 0 Å². The van der Waals surface area contributed by atoms with Crippen molar-refractivity contribution in [2.24, 2.45) is 0 Å². The second kappa shape index (κ2) is 7.16. The Bertz CT molecular complexity index is 623. The van der Waals surface area contributed by atoms with Gasteiger partial charge in [0.2, 0.25) is 5.91 Å². The molecular formula is C20H28N2O3. The molecule has 1 saturated carbocycles. The van der Waals surface area contributed by atoms with Gasteiger partial charge >= 0.3 is 0 Å². The number of ether oxygens (including phenoxy) is 1. The molecule has 1 aromatic carbocycles. The van der Waals surface area contributed by atoms with Crippen LogP contribution in [0.1, 0.15) is 56.3 Å². The van der Waals surface area contributed by atoms with E-state index in [9.17, 15) is 9.59 Å². The van der Waals surface area contributed by atoms with Gasteiger partial charge in [0.1, 0.15) is 11.8 Å². The summed E-state index contributed by atoms with van der Waals surface area (Å²) in [7, 11) is 1.80. The Morgan fingerprint density at radius 2 is 1.80 bits per heavy atom. The molecule has 2 fully saturated rings. The molecule has 1 aliphatic heterocycles. The van der Waals surface area contributed by atoms with Crippen molar-refractivity contribution in [1.29, 1.82) is 0 Å². The molecule has 1 aliphatic carbocycles. The number of carbonyl (C=O) groups excluding carboxylic acids is 2. The third-order valence-electron chi connectivity index (χ3n) is 5.54. The van der Waals surface area contributed by atoms with Crippen molar-refractivity contribution in [3.05, 3.63) is 35.9 Å². The minimum absolute atomic E-state index is 0.0401. The molecule has 0 N–H and O–H groups in total. The first kappa shape index (κ1) is 17.9. The first-order valence-corrected chi connectivity index (χ1v) is 9.25. The van der Waals surface area contributed by atoms with E-state index in [0.717, 1.165) is 32.1 Å². The van der Waals surface area contributed by atoms with Crippen LogP contribution in [-0.2, 0) is 9.53 Å². The summed E-state index contributed by atoms with van der Waals surface area (Å²) in [5, 5.41) is 0. The van der Waals surface area contributed by atoms with E-state index >= 15 is 0 Å². The van der Waals surface area contributed by atoms with Gasteiger partial charge in [-0.1, -0.05) is 24.6 Å². The molecule has 136 valence electrons. The number of hydrogen-bond acceptors (Lipinski definition) is 3. The van der Waals surface area contributed by atoms with E-state index in [1.54, 1.807) is 16.8 Å². The normalized spacial score (nSPS) is 22.4. The number of amides is 2. The number of rotatable bonds is 3. The summed E-state index contributed by atoms with van der Waals surface area (Å²) in [6.07, 6.45) is 4.82. The lowest BCUT2D eigenvalue weighted by Gasteiger charge is -2.42. The van der Waals surface area contributed by atoms with Crippen molar-refractivity contribution >= 4 is 11.8 Å². The standard InChI is InChI=1S/C20H28N2O3/c1-15(2)21(3)19(24)17-14-25-20(12-8-5-9-13-20)22(17)18(23)16-10-6-4-7-11-16/h4,6-7,10-11,15,17H,5,8-9,12-14H2,1-3H3/t17-/m0/s1. The lowest BCUT2D eigenvalue weighted by atomic mass is 9.89. The third kappa shape index (κ3) is 3.30. The minimum atomic E-state index is -0.622. The summed E-state index contributed by atoms with van der Waals surface area (Å²) >= 11 is 0. The fraction of sp³-hybridized carbons (Fsp3) is 0.600. The van der Waals surface area contributed by atoms with E-state index in [4.69, 9.17) is 4.74 Å². The number of hydrogen-bond donors (Lipinski definition) is 0. The van der Waals surface area contributed by atoms with Crippen molar-refractivity contribution in [3.8, 4) is 0 Å². The predicted molar refractivity (Wildman–Crippen MR) is 96.1 cm³/mol. The van der Waals surface area contributed by atoms with Gasteiger partial charge in [0.05, 0.1) is 6.61 Å². The van der Waals surface area contributed by atoms with E-state index in [0.29, 0.717) is 5.56 Å². The van der Waals surface area contributed by atoms with Crippen LogP contribution < -0.4 is 0 Å². The number of benzene rings is 1. The maximum absolute atomic E-state index is 13.3. The van der Waals surface area contributed by atoms with Gasteiger partial charge in [0.25, 0.3) is 5.91 Å². The maximum Gasteiger partial charge on any atom is 0.256 e. The predicted octanol–water partition coefficient (Wildman–Crippen LogP) is 3.05. The molecule has 0 radical (unpaired) electrons. The van der Waals surface area contributed by atoms with Crippen molar-refractivity contribution in [3.63, 3.8) is 0 Å². The first-order valence-electron chi connectivity index (χ1n) is 9.25. The molecule has 1 aromatic rings. The fourth-order valence-electron chi connectivity index (χ4n) is 3.87. The van der Waals surface area contributed by atoms with Crippen LogP contribution in [0.15, 0.2) is 30.3 Å². The van der Waals surface area contributed by atoms with Crippen molar-refractivity contribution < 1.29 is 14.3 Å². The Kier molecular flexibility index (Phi) is 5.13. The average molecular weight is 344 g/mol. The number of likely N-dealkylation sites (N-methyl/N-ethyl adjacent to an activating group) is 1. The largest absolute Gasteiger partial charge is 0.353 e. The zero-order chi connectivity index (χ0) is 18.0. The summed E-state index contributed by atoms with van der Waals surface area (Å²) in [6.45, 7) is 4.25. The van der Waals surface area contributed by atoms with E-state index in [1.807, 2.05) is 44.2 Å². The molecule has 3 rings (SSSR count). The van der Waals surface area contributed by atoms with Crippen LogP contribution in [0.4, 0.5) is 0 Å². The van der Waals surface area contributed by atoms with E-state index in [-0.39, 0.29) is 24.5 Å². The Hall–Kier alpha value is -1.88. The zero-order valence-corrected chi connectivity index (χ0v) is 15.4. The molecule has 0 unspecified atom stereocenters. The highest BCUT2D eigenvalue weighted by Crippen LogP contribution is 2.41. The summed E-state index contributed by atoms with van der Waals surface area (Å²) in [5.41, 5.74) is -0.00786. The van der Waals surface area contributed by atoms with Gasteiger partial charge in [-0.25, -0.2) is 0 Å². The van der Waals surface area contributed by atoms with Gasteiger partial charge < -0.3 is 9.64 Å². The van der Waals surface area contributed by atoms with Gasteiger partial charge in [-0.05, 0) is 51.7 Å². The number of nitrogens with zero attached hydrogens (tertiary/aromatic N) is 2. The third-order valence-corrected chi connectivity index (χ3v) is 5.54. The van der Waals surface area contributed by atoms with E-state index < -0.39 is 11.8 Å². The molecule has 1 atom stereocenters. The molecule has 5 heteroatoms. The van der Waals surface area contributed by atoms with Crippen LogP contribution in [0.3, 0.4) is 0 Å². The second-order valence-corrected chi connectivity index (χ2v) is 7.42. The number of carbonyl (C=O) groups is 2. The fourth-order valence-corrected chi connectivity index (χ4v) is 3.87. The lowest BCUT2D eigenvalue weighted by Crippen LogP contribution is -2.57. The topological polar surface area (TPSA) is 49.9 Å². The highest BCUT2D eigenvalue weighted by Gasteiger charge is 2.53. The molecule has 1 heterocycles. The SMILES string of the molecule is CC(C)N(C)C(=O)[C@@H]1COC2(CCCCC2)N1C(=O)c1ccccc1. The molecular weight excluding hydrogens is 316 g/mol. The first-order chi connectivity index (χ1) is 12.0. The zero-order valence-electron chi connectivity index (χ0n) is 15.4. The van der Waals surface area contributed by atoms with Crippen LogP contribution in [0.5, 0.6) is 0 Å². The molecule has 1 spiro atoms. The minimum Gasteiger partial charge on any atom is -0.353 e. The quantitative estimate of drug-likeness (QED) is 0.847. The van der Waals surface area contributed by atoms with Gasteiger partial charge in [0.15, 0.2) is 0 Å². The Morgan fingerprint density at radius 1 is 1.16 bits per heavy atom. The monoisotopic (exact) mass is 344 g/mol. The summed E-state index contributed by atoms with van der Waals surface area (Å²) in [5.74, 6) is -0.141. The smallest absolute Gasteiger partial charge is 0.256 e. The van der Waals surface area contributed by atoms with Gasteiger partial charge in [-0.2, -0.15) is 0 Å². The van der Waals surface area contributed by atoms with Gasteiger partial charge in [-0.3, -0.25) is 14.5 Å². The van der Waals surface area contributed by atoms with Crippen molar-refractivity contribution in [2.75, 3.05) is 13.7 Å². The molecule has 2 amide bonds. The van der Waals surface area contributed by atoms with Crippen LogP contribution in [0.2, 0.25) is 0 Å². The van der Waals surface area contributed by atoms with E-state index in [2.05, 4.69) is 0 Å². The van der Waals surface area contributed by atoms with Gasteiger partial charge in [0, 0.05) is 18.7 Å². The molecule has 1 saturated heterocycles. The van der Waals surface area contributed by atoms with Crippen LogP contribution in [-0.4, -0.2) is 53.1 Å². The Morgan fingerprint density at radius 3 is 2.40 bits per heavy atom. The molecule has 25 heavy (non-hydrogen) atoms.